The SMILES string of the molecule is C[C@@H](N)[C@H](NC(=O)c1ccc(C#Cc2ccc(CNC3CC3)cc2)cc1)C(=O)NO. The predicted molar refractivity (Wildman–Crippen MR) is 114 cm³/mol. The van der Waals surface area contributed by atoms with Crippen LogP contribution in [0.4, 0.5) is 0 Å². The zero-order chi connectivity index (χ0) is 21.5. The van der Waals surface area contributed by atoms with E-state index in [-0.39, 0.29) is 0 Å². The van der Waals surface area contributed by atoms with Crippen LogP contribution in [0.3, 0.4) is 0 Å². The third-order valence-corrected chi connectivity index (χ3v) is 4.83. The van der Waals surface area contributed by atoms with Crippen molar-refractivity contribution in [3.63, 3.8) is 0 Å². The van der Waals surface area contributed by atoms with E-state index >= 15 is 0 Å². The van der Waals surface area contributed by atoms with E-state index in [1.54, 1.807) is 31.2 Å². The predicted octanol–water partition coefficient (Wildman–Crippen LogP) is 1.29. The molecule has 2 amide bonds. The van der Waals surface area contributed by atoms with E-state index in [4.69, 9.17) is 10.9 Å². The first-order chi connectivity index (χ1) is 14.5. The van der Waals surface area contributed by atoms with E-state index in [9.17, 15) is 9.59 Å². The summed E-state index contributed by atoms with van der Waals surface area (Å²) >= 11 is 0. The molecule has 0 aromatic heterocycles. The van der Waals surface area contributed by atoms with Gasteiger partial charge in [-0.15, -0.1) is 0 Å². The minimum atomic E-state index is -1.04. The molecule has 1 aliphatic carbocycles. The van der Waals surface area contributed by atoms with Crippen LogP contribution in [0.2, 0.25) is 0 Å². The number of nitrogens with one attached hydrogen (secondary N) is 3. The van der Waals surface area contributed by atoms with Crippen molar-refractivity contribution in [2.75, 3.05) is 0 Å². The van der Waals surface area contributed by atoms with Gasteiger partial charge in [0.1, 0.15) is 6.04 Å². The number of hydrogen-bond donors (Lipinski definition) is 5. The summed E-state index contributed by atoms with van der Waals surface area (Å²) in [6, 6.07) is 13.9. The van der Waals surface area contributed by atoms with Gasteiger partial charge < -0.3 is 16.4 Å². The molecule has 2 aromatic rings. The van der Waals surface area contributed by atoms with Gasteiger partial charge >= 0.3 is 0 Å². The zero-order valence-electron chi connectivity index (χ0n) is 16.8. The molecule has 6 N–H and O–H groups in total. The maximum atomic E-state index is 12.3. The van der Waals surface area contributed by atoms with Gasteiger partial charge in [-0.1, -0.05) is 24.0 Å². The van der Waals surface area contributed by atoms with E-state index in [0.717, 1.165) is 17.7 Å². The molecular weight excluding hydrogens is 380 g/mol. The maximum Gasteiger partial charge on any atom is 0.267 e. The highest BCUT2D eigenvalue weighted by Gasteiger charge is 2.24. The Labute approximate surface area is 176 Å². The number of carbonyl (C=O) groups excluding carboxylic acids is 2. The summed E-state index contributed by atoms with van der Waals surface area (Å²) in [4.78, 5) is 23.9. The summed E-state index contributed by atoms with van der Waals surface area (Å²) in [5.74, 6) is 4.96. The molecule has 30 heavy (non-hydrogen) atoms. The highest BCUT2D eigenvalue weighted by molar-refractivity contribution is 5.97. The highest BCUT2D eigenvalue weighted by atomic mass is 16.5. The molecule has 0 unspecified atom stereocenters. The van der Waals surface area contributed by atoms with Crippen LogP contribution < -0.4 is 21.8 Å². The largest absolute Gasteiger partial charge is 0.339 e. The van der Waals surface area contributed by atoms with E-state index in [2.05, 4.69) is 34.6 Å². The average molecular weight is 406 g/mol. The first kappa shape index (κ1) is 21.5. The fraction of sp³-hybridized carbons (Fsp3) is 0.304. The minimum Gasteiger partial charge on any atom is -0.339 e. The molecule has 1 aliphatic rings. The summed E-state index contributed by atoms with van der Waals surface area (Å²) in [7, 11) is 0. The lowest BCUT2D eigenvalue weighted by atomic mass is 10.1. The van der Waals surface area contributed by atoms with Gasteiger partial charge in [0.05, 0.1) is 0 Å². The second kappa shape index (κ2) is 10.0. The number of nitrogens with two attached hydrogens (primary N) is 1. The number of benzene rings is 2. The fourth-order valence-corrected chi connectivity index (χ4v) is 2.83. The number of hydroxylamine groups is 1. The molecule has 156 valence electrons. The second-order valence-corrected chi connectivity index (χ2v) is 7.47. The van der Waals surface area contributed by atoms with Gasteiger partial charge in [0.15, 0.2) is 0 Å². The van der Waals surface area contributed by atoms with E-state index in [0.29, 0.717) is 11.6 Å². The highest BCUT2D eigenvalue weighted by Crippen LogP contribution is 2.19. The molecule has 0 heterocycles. The molecule has 0 radical (unpaired) electrons. The first-order valence-electron chi connectivity index (χ1n) is 9.91. The topological polar surface area (TPSA) is 116 Å². The monoisotopic (exact) mass is 406 g/mol. The molecule has 1 saturated carbocycles. The lowest BCUT2D eigenvalue weighted by Gasteiger charge is -2.20. The molecule has 2 aromatic carbocycles. The van der Waals surface area contributed by atoms with Crippen molar-refractivity contribution in [3.05, 3.63) is 70.8 Å². The van der Waals surface area contributed by atoms with Crippen molar-refractivity contribution >= 4 is 11.8 Å². The average Bonchev–Trinajstić information content (AvgIpc) is 3.59. The van der Waals surface area contributed by atoms with E-state index in [1.165, 1.54) is 23.9 Å². The van der Waals surface area contributed by atoms with E-state index < -0.39 is 23.9 Å². The van der Waals surface area contributed by atoms with Crippen LogP contribution in [0.15, 0.2) is 48.5 Å². The zero-order valence-corrected chi connectivity index (χ0v) is 16.8. The van der Waals surface area contributed by atoms with Crippen molar-refractivity contribution < 1.29 is 14.8 Å². The van der Waals surface area contributed by atoms with Crippen molar-refractivity contribution in [2.24, 2.45) is 5.73 Å². The normalized spacial score (nSPS) is 14.8. The Morgan fingerprint density at radius 2 is 1.63 bits per heavy atom. The van der Waals surface area contributed by atoms with Gasteiger partial charge in [-0.25, -0.2) is 5.48 Å². The minimum absolute atomic E-state index is 0.365. The van der Waals surface area contributed by atoms with Crippen LogP contribution in [0.5, 0.6) is 0 Å². The molecular formula is C23H26N4O3. The van der Waals surface area contributed by atoms with E-state index in [1.807, 2.05) is 12.1 Å². The van der Waals surface area contributed by atoms with Crippen LogP contribution >= 0.6 is 0 Å². The van der Waals surface area contributed by atoms with Crippen molar-refractivity contribution in [2.45, 2.75) is 44.4 Å². The Bertz CT molecular complexity index is 939. The number of amides is 2. The first-order valence-corrected chi connectivity index (χ1v) is 9.91. The third-order valence-electron chi connectivity index (χ3n) is 4.83. The summed E-state index contributed by atoms with van der Waals surface area (Å²) < 4.78 is 0. The molecule has 0 spiro atoms. The second-order valence-electron chi connectivity index (χ2n) is 7.47. The molecule has 0 aliphatic heterocycles. The Hall–Kier alpha value is -3.18. The fourth-order valence-electron chi connectivity index (χ4n) is 2.83. The molecule has 3 rings (SSSR count). The number of hydrogen-bond acceptors (Lipinski definition) is 5. The van der Waals surface area contributed by atoms with Gasteiger partial charge in [-0.2, -0.15) is 0 Å². The summed E-state index contributed by atoms with van der Waals surface area (Å²) in [6.45, 7) is 2.45. The summed E-state index contributed by atoms with van der Waals surface area (Å²) in [6.07, 6.45) is 2.55. The Morgan fingerprint density at radius 3 is 2.13 bits per heavy atom. The molecule has 0 bridgehead atoms. The van der Waals surface area contributed by atoms with Crippen LogP contribution in [-0.4, -0.2) is 35.1 Å². The summed E-state index contributed by atoms with van der Waals surface area (Å²) in [5.41, 5.74) is 10.5. The van der Waals surface area contributed by atoms with Crippen molar-refractivity contribution in [3.8, 4) is 11.8 Å². The van der Waals surface area contributed by atoms with Crippen LogP contribution in [0.25, 0.3) is 0 Å². The van der Waals surface area contributed by atoms with Gasteiger partial charge in [-0.05, 0) is 61.7 Å². The quantitative estimate of drug-likeness (QED) is 0.270. The lowest BCUT2D eigenvalue weighted by molar-refractivity contribution is -0.131. The smallest absolute Gasteiger partial charge is 0.267 e. The third kappa shape index (κ3) is 6.16. The van der Waals surface area contributed by atoms with Crippen LogP contribution in [0.1, 0.15) is 46.8 Å². The molecule has 2 atom stereocenters. The van der Waals surface area contributed by atoms with Crippen molar-refractivity contribution in [1.29, 1.82) is 0 Å². The van der Waals surface area contributed by atoms with Gasteiger partial charge in [-0.3, -0.25) is 14.8 Å². The summed E-state index contributed by atoms with van der Waals surface area (Å²) in [5, 5.41) is 14.8. The number of carbonyl (C=O) groups is 2. The standard InChI is InChI=1S/C23H26N4O3/c1-15(24)21(23(29)27-30)26-22(28)19-10-8-17(9-11-19)3-2-16-4-6-18(7-5-16)14-25-20-12-13-20/h4-11,15,20-21,25,30H,12-14,24H2,1H3,(H,26,28)(H,27,29)/t15-,21+/m1/s1. The molecule has 0 saturated heterocycles. The van der Waals surface area contributed by atoms with Crippen LogP contribution in [0, 0.1) is 11.8 Å². The van der Waals surface area contributed by atoms with Gasteiger partial charge in [0.2, 0.25) is 0 Å². The lowest BCUT2D eigenvalue weighted by Crippen LogP contribution is -2.54. The Morgan fingerprint density at radius 1 is 1.07 bits per heavy atom. The van der Waals surface area contributed by atoms with Crippen molar-refractivity contribution in [1.82, 2.24) is 16.1 Å². The van der Waals surface area contributed by atoms with Gasteiger partial charge in [0, 0.05) is 35.3 Å². The maximum absolute atomic E-state index is 12.3. The van der Waals surface area contributed by atoms with Gasteiger partial charge in [0.25, 0.3) is 11.8 Å². The van der Waals surface area contributed by atoms with Crippen LogP contribution in [-0.2, 0) is 11.3 Å². The number of rotatable bonds is 7. The molecule has 7 nitrogen and oxygen atoms in total. The Balaban J connectivity index is 1.59. The molecule has 1 fully saturated rings. The Kier molecular flexibility index (Phi) is 7.20. The molecule has 7 heteroatoms.